The van der Waals surface area contributed by atoms with Gasteiger partial charge < -0.3 is 5.11 Å². The number of hydrogen-bond acceptors (Lipinski definition) is 3. The van der Waals surface area contributed by atoms with Crippen LogP contribution in [0.15, 0.2) is 58.7 Å². The fraction of sp³-hybridized carbons (Fsp3) is 0.520. The molecule has 0 heterocycles. The Balaban J connectivity index is 2.23. The molecule has 0 bridgehead atoms. The lowest BCUT2D eigenvalue weighted by Crippen LogP contribution is -2.12. The maximum atomic E-state index is 11.7. The molecule has 0 radical (unpaired) electrons. The Morgan fingerprint density at radius 1 is 0.893 bits per heavy atom. The number of hydrogen-bond donors (Lipinski definition) is 1. The van der Waals surface area contributed by atoms with E-state index in [-0.39, 0.29) is 11.6 Å². The number of carbonyl (C=O) groups excluding carboxylic acids is 2. The number of carbonyl (C=O) groups is 2. The highest BCUT2D eigenvalue weighted by Crippen LogP contribution is 2.17. The van der Waals surface area contributed by atoms with E-state index in [0.717, 1.165) is 32.1 Å². The predicted molar refractivity (Wildman–Crippen MR) is 117 cm³/mol. The van der Waals surface area contributed by atoms with Gasteiger partial charge in [-0.25, -0.2) is 0 Å². The molecular weight excluding hydrogens is 348 g/mol. The minimum Gasteiger partial charge on any atom is -0.393 e. The van der Waals surface area contributed by atoms with Gasteiger partial charge in [0.05, 0.1) is 6.10 Å². The van der Waals surface area contributed by atoms with Crippen LogP contribution in [0.25, 0.3) is 0 Å². The van der Waals surface area contributed by atoms with Crippen LogP contribution in [-0.4, -0.2) is 22.8 Å². The van der Waals surface area contributed by atoms with Gasteiger partial charge in [0.2, 0.25) is 0 Å². The van der Waals surface area contributed by atoms with Crippen molar-refractivity contribution in [2.45, 2.75) is 85.2 Å². The van der Waals surface area contributed by atoms with E-state index in [2.05, 4.69) is 45.9 Å². The molecule has 1 unspecified atom stereocenters. The number of allylic oxidation sites excluding steroid dienone is 10. The Hall–Kier alpha value is -2.00. The molecule has 1 aliphatic carbocycles. The molecule has 3 nitrogen and oxygen atoms in total. The highest BCUT2D eigenvalue weighted by atomic mass is 16.3. The van der Waals surface area contributed by atoms with Gasteiger partial charge in [-0.2, -0.15) is 0 Å². The van der Waals surface area contributed by atoms with Crippen molar-refractivity contribution in [1.29, 1.82) is 0 Å². The lowest BCUT2D eigenvalue weighted by atomic mass is 9.96. The zero-order chi connectivity index (χ0) is 20.9. The van der Waals surface area contributed by atoms with E-state index in [1.807, 2.05) is 0 Å². The molecular formula is C25H36O3. The molecule has 0 aromatic heterocycles. The van der Waals surface area contributed by atoms with Gasteiger partial charge in [-0.3, -0.25) is 9.59 Å². The molecule has 28 heavy (non-hydrogen) atoms. The average Bonchev–Trinajstić information content (AvgIpc) is 2.62. The quantitative estimate of drug-likeness (QED) is 0.333. The van der Waals surface area contributed by atoms with Crippen LogP contribution in [0.1, 0.15) is 79.1 Å². The standard InChI is InChI=1S/C25H36O3/c1-19(2)8-5-9-20(3)10-6-11-21(4)12-7-13-23(26)15-14-22-18-24(27)16-17-25(22)28/h8,10,12,16-18,23,26H,5-7,9,11,13-15H2,1-4H3. The van der Waals surface area contributed by atoms with Gasteiger partial charge in [-0.1, -0.05) is 34.9 Å². The molecule has 154 valence electrons. The summed E-state index contributed by atoms with van der Waals surface area (Å²) in [7, 11) is 0. The first-order chi connectivity index (χ1) is 13.3. The van der Waals surface area contributed by atoms with Crippen molar-refractivity contribution in [3.05, 3.63) is 58.7 Å². The second-order valence-corrected chi connectivity index (χ2v) is 8.00. The fourth-order valence-electron chi connectivity index (χ4n) is 3.08. The van der Waals surface area contributed by atoms with Crippen LogP contribution in [0.2, 0.25) is 0 Å². The van der Waals surface area contributed by atoms with Crippen molar-refractivity contribution < 1.29 is 14.7 Å². The third kappa shape index (κ3) is 11.0. The van der Waals surface area contributed by atoms with Crippen LogP contribution in [0.4, 0.5) is 0 Å². The first-order valence-electron chi connectivity index (χ1n) is 10.4. The SMILES string of the molecule is CC(C)=CCCC(C)=CCCC(C)=CCCC(O)CCC1=CC(=O)C=CC1=O. The largest absolute Gasteiger partial charge is 0.393 e. The maximum absolute atomic E-state index is 11.7. The molecule has 0 saturated heterocycles. The zero-order valence-corrected chi connectivity index (χ0v) is 18.0. The van der Waals surface area contributed by atoms with Gasteiger partial charge in [0, 0.05) is 5.57 Å². The van der Waals surface area contributed by atoms with E-state index in [1.54, 1.807) is 0 Å². The van der Waals surface area contributed by atoms with E-state index >= 15 is 0 Å². The molecule has 0 saturated carbocycles. The maximum Gasteiger partial charge on any atom is 0.182 e. The van der Waals surface area contributed by atoms with E-state index in [0.29, 0.717) is 24.8 Å². The van der Waals surface area contributed by atoms with Crippen molar-refractivity contribution in [2.75, 3.05) is 0 Å². The van der Waals surface area contributed by atoms with E-state index < -0.39 is 6.10 Å². The van der Waals surface area contributed by atoms with Gasteiger partial charge in [0.25, 0.3) is 0 Å². The lowest BCUT2D eigenvalue weighted by Gasteiger charge is -2.11. The first-order valence-corrected chi connectivity index (χ1v) is 10.4. The summed E-state index contributed by atoms with van der Waals surface area (Å²) < 4.78 is 0. The Labute approximate surface area is 170 Å². The second kappa shape index (κ2) is 13.2. The smallest absolute Gasteiger partial charge is 0.182 e. The van der Waals surface area contributed by atoms with Crippen LogP contribution in [0.3, 0.4) is 0 Å². The summed E-state index contributed by atoms with van der Waals surface area (Å²) in [6, 6.07) is 0. The lowest BCUT2D eigenvalue weighted by molar-refractivity contribution is -0.114. The molecule has 0 aliphatic heterocycles. The topological polar surface area (TPSA) is 54.4 Å². The Kier molecular flexibility index (Phi) is 11.4. The summed E-state index contributed by atoms with van der Waals surface area (Å²) in [5.74, 6) is -0.268. The van der Waals surface area contributed by atoms with Gasteiger partial charge in [0.15, 0.2) is 11.6 Å². The van der Waals surface area contributed by atoms with Gasteiger partial charge >= 0.3 is 0 Å². The number of rotatable bonds is 12. The van der Waals surface area contributed by atoms with Crippen LogP contribution in [-0.2, 0) is 9.59 Å². The molecule has 0 amide bonds. The first kappa shape index (κ1) is 24.0. The van der Waals surface area contributed by atoms with Crippen molar-refractivity contribution >= 4 is 11.6 Å². The summed E-state index contributed by atoms with van der Waals surface area (Å²) in [5, 5.41) is 10.1. The summed E-state index contributed by atoms with van der Waals surface area (Å²) in [5.41, 5.74) is 4.67. The summed E-state index contributed by atoms with van der Waals surface area (Å²) in [6.07, 6.45) is 17.2. The van der Waals surface area contributed by atoms with Crippen molar-refractivity contribution in [3.8, 4) is 0 Å². The molecule has 0 spiro atoms. The predicted octanol–water partition coefficient (Wildman–Crippen LogP) is 5.96. The third-order valence-corrected chi connectivity index (χ3v) is 4.89. The molecule has 1 N–H and O–H groups in total. The monoisotopic (exact) mass is 384 g/mol. The van der Waals surface area contributed by atoms with Crippen LogP contribution < -0.4 is 0 Å². The summed E-state index contributed by atoms with van der Waals surface area (Å²) in [6.45, 7) is 8.61. The zero-order valence-electron chi connectivity index (χ0n) is 18.0. The number of aliphatic hydroxyl groups is 1. The van der Waals surface area contributed by atoms with Crippen LogP contribution >= 0.6 is 0 Å². The normalized spacial score (nSPS) is 16.2. The minimum atomic E-state index is -0.448. The Bertz CT molecular complexity index is 683. The number of aliphatic hydroxyl groups excluding tert-OH is 1. The summed E-state index contributed by atoms with van der Waals surface area (Å²) in [4.78, 5) is 23.0. The van der Waals surface area contributed by atoms with Crippen molar-refractivity contribution in [3.63, 3.8) is 0 Å². The fourth-order valence-corrected chi connectivity index (χ4v) is 3.08. The van der Waals surface area contributed by atoms with Crippen LogP contribution in [0.5, 0.6) is 0 Å². The second-order valence-electron chi connectivity index (χ2n) is 8.00. The van der Waals surface area contributed by atoms with Crippen molar-refractivity contribution in [1.82, 2.24) is 0 Å². The van der Waals surface area contributed by atoms with E-state index in [1.165, 1.54) is 34.9 Å². The third-order valence-electron chi connectivity index (χ3n) is 4.89. The Morgan fingerprint density at radius 2 is 1.50 bits per heavy atom. The number of ketones is 2. The summed E-state index contributed by atoms with van der Waals surface area (Å²) >= 11 is 0. The highest BCUT2D eigenvalue weighted by molar-refractivity contribution is 6.17. The highest BCUT2D eigenvalue weighted by Gasteiger charge is 2.14. The molecule has 0 fully saturated rings. The molecule has 0 aromatic rings. The van der Waals surface area contributed by atoms with Crippen LogP contribution in [0, 0.1) is 0 Å². The minimum absolute atomic E-state index is 0.119. The van der Waals surface area contributed by atoms with Gasteiger partial charge in [-0.05, 0) is 97.3 Å². The van der Waals surface area contributed by atoms with E-state index in [9.17, 15) is 14.7 Å². The molecule has 1 aliphatic rings. The van der Waals surface area contributed by atoms with Gasteiger partial charge in [-0.15, -0.1) is 0 Å². The Morgan fingerprint density at radius 3 is 2.14 bits per heavy atom. The molecule has 0 aromatic carbocycles. The van der Waals surface area contributed by atoms with Crippen molar-refractivity contribution in [2.24, 2.45) is 0 Å². The molecule has 1 atom stereocenters. The average molecular weight is 385 g/mol. The van der Waals surface area contributed by atoms with E-state index in [4.69, 9.17) is 0 Å². The molecule has 3 heteroatoms. The molecule has 1 rings (SSSR count). The van der Waals surface area contributed by atoms with Gasteiger partial charge in [0.1, 0.15) is 0 Å².